The molecule has 1 unspecified atom stereocenters. The van der Waals surface area contributed by atoms with E-state index in [1.807, 2.05) is 26.0 Å². The van der Waals surface area contributed by atoms with E-state index < -0.39 is 0 Å². The molecule has 4 nitrogen and oxygen atoms in total. The summed E-state index contributed by atoms with van der Waals surface area (Å²) in [5, 5.41) is 5.76. The van der Waals surface area contributed by atoms with Crippen LogP contribution in [0.5, 0.6) is 0 Å². The van der Waals surface area contributed by atoms with Gasteiger partial charge in [0.2, 0.25) is 0 Å². The summed E-state index contributed by atoms with van der Waals surface area (Å²) in [6.07, 6.45) is 2.27. The summed E-state index contributed by atoms with van der Waals surface area (Å²) in [6, 6.07) is 3.80. The Kier molecular flexibility index (Phi) is 4.82. The molecular weight excluding hydrogens is 308 g/mol. The van der Waals surface area contributed by atoms with Gasteiger partial charge in [0.1, 0.15) is 0 Å². The second kappa shape index (κ2) is 6.39. The highest BCUT2D eigenvalue weighted by Gasteiger charge is 2.16. The van der Waals surface area contributed by atoms with Crippen LogP contribution in [-0.2, 0) is 4.74 Å². The van der Waals surface area contributed by atoms with E-state index in [0.29, 0.717) is 6.54 Å². The summed E-state index contributed by atoms with van der Waals surface area (Å²) < 4.78 is 6.49. The van der Waals surface area contributed by atoms with Crippen LogP contribution >= 0.6 is 15.9 Å². The number of nitrogens with one attached hydrogen (secondary N) is 2. The molecule has 104 valence electrons. The van der Waals surface area contributed by atoms with Crippen molar-refractivity contribution in [2.75, 3.05) is 18.5 Å². The zero-order valence-corrected chi connectivity index (χ0v) is 12.8. The van der Waals surface area contributed by atoms with Crippen molar-refractivity contribution < 1.29 is 9.53 Å². The fourth-order valence-corrected chi connectivity index (χ4v) is 2.96. The molecule has 1 aromatic carbocycles. The number of hydrogen-bond donors (Lipinski definition) is 2. The van der Waals surface area contributed by atoms with Gasteiger partial charge in [0.15, 0.2) is 0 Å². The van der Waals surface area contributed by atoms with Crippen LogP contribution in [0.2, 0.25) is 0 Å². The third kappa shape index (κ3) is 3.94. The molecule has 1 aliphatic rings. The van der Waals surface area contributed by atoms with Crippen molar-refractivity contribution in [3.63, 3.8) is 0 Å². The fourth-order valence-electron chi connectivity index (χ4n) is 2.28. The number of hydrogen-bond acceptors (Lipinski definition) is 2. The molecule has 1 heterocycles. The molecule has 2 amide bonds. The first-order valence-corrected chi connectivity index (χ1v) is 7.29. The SMILES string of the molecule is Cc1cc(Br)cc(C)c1NC(=O)NCC1CCCO1. The van der Waals surface area contributed by atoms with Crippen LogP contribution in [0.15, 0.2) is 16.6 Å². The fraction of sp³-hybridized carbons (Fsp3) is 0.500. The summed E-state index contributed by atoms with van der Waals surface area (Å²) in [5.41, 5.74) is 2.95. The average Bonchev–Trinajstić information content (AvgIpc) is 2.84. The zero-order chi connectivity index (χ0) is 13.8. The van der Waals surface area contributed by atoms with Crippen molar-refractivity contribution in [1.82, 2.24) is 5.32 Å². The molecule has 0 aliphatic carbocycles. The molecule has 1 atom stereocenters. The van der Waals surface area contributed by atoms with E-state index in [0.717, 1.165) is 40.7 Å². The maximum Gasteiger partial charge on any atom is 0.319 e. The molecule has 1 aliphatic heterocycles. The lowest BCUT2D eigenvalue weighted by atomic mass is 10.1. The monoisotopic (exact) mass is 326 g/mol. The highest BCUT2D eigenvalue weighted by atomic mass is 79.9. The van der Waals surface area contributed by atoms with Crippen LogP contribution < -0.4 is 10.6 Å². The zero-order valence-electron chi connectivity index (χ0n) is 11.3. The van der Waals surface area contributed by atoms with Crippen molar-refractivity contribution >= 4 is 27.6 Å². The summed E-state index contributed by atoms with van der Waals surface area (Å²) in [4.78, 5) is 11.9. The maximum absolute atomic E-state index is 11.9. The number of urea groups is 1. The quantitative estimate of drug-likeness (QED) is 0.894. The van der Waals surface area contributed by atoms with Gasteiger partial charge in [-0.25, -0.2) is 4.79 Å². The molecule has 1 aromatic rings. The number of benzene rings is 1. The Labute approximate surface area is 122 Å². The molecular formula is C14H19BrN2O2. The number of amides is 2. The second-order valence-corrected chi connectivity index (χ2v) is 5.80. The van der Waals surface area contributed by atoms with Gasteiger partial charge in [0.05, 0.1) is 6.10 Å². The topological polar surface area (TPSA) is 50.4 Å². The highest BCUT2D eigenvalue weighted by molar-refractivity contribution is 9.10. The molecule has 5 heteroatoms. The molecule has 0 radical (unpaired) electrons. The van der Waals surface area contributed by atoms with Gasteiger partial charge in [-0.1, -0.05) is 15.9 Å². The molecule has 0 aromatic heterocycles. The minimum Gasteiger partial charge on any atom is -0.376 e. The third-order valence-corrected chi connectivity index (χ3v) is 3.71. The first-order chi connectivity index (χ1) is 9.06. The van der Waals surface area contributed by atoms with E-state index >= 15 is 0 Å². The maximum atomic E-state index is 11.9. The minimum atomic E-state index is -0.177. The van der Waals surface area contributed by atoms with Gasteiger partial charge in [-0.05, 0) is 49.9 Å². The summed E-state index contributed by atoms with van der Waals surface area (Å²) >= 11 is 3.44. The number of halogens is 1. The van der Waals surface area contributed by atoms with Crippen molar-refractivity contribution in [3.05, 3.63) is 27.7 Å². The molecule has 1 fully saturated rings. The van der Waals surface area contributed by atoms with E-state index in [1.54, 1.807) is 0 Å². The number of aryl methyl sites for hydroxylation is 2. The van der Waals surface area contributed by atoms with Gasteiger partial charge in [0.25, 0.3) is 0 Å². The van der Waals surface area contributed by atoms with Crippen LogP contribution in [0.1, 0.15) is 24.0 Å². The number of carbonyl (C=O) groups is 1. The van der Waals surface area contributed by atoms with Gasteiger partial charge < -0.3 is 15.4 Å². The van der Waals surface area contributed by atoms with Crippen molar-refractivity contribution in [1.29, 1.82) is 0 Å². The van der Waals surface area contributed by atoms with Gasteiger partial charge in [0, 0.05) is 23.3 Å². The van der Waals surface area contributed by atoms with Gasteiger partial charge in [-0.15, -0.1) is 0 Å². The summed E-state index contributed by atoms with van der Waals surface area (Å²) in [5.74, 6) is 0. The van der Waals surface area contributed by atoms with Crippen molar-refractivity contribution in [3.8, 4) is 0 Å². The van der Waals surface area contributed by atoms with Crippen LogP contribution in [0.4, 0.5) is 10.5 Å². The second-order valence-electron chi connectivity index (χ2n) is 4.88. The van der Waals surface area contributed by atoms with E-state index in [9.17, 15) is 4.79 Å². The molecule has 2 N–H and O–H groups in total. The summed E-state index contributed by atoms with van der Waals surface area (Å²) in [7, 11) is 0. The van der Waals surface area contributed by atoms with Gasteiger partial charge >= 0.3 is 6.03 Å². The normalized spacial score (nSPS) is 18.4. The lowest BCUT2D eigenvalue weighted by Crippen LogP contribution is -2.35. The standard InChI is InChI=1S/C14H19BrN2O2/c1-9-6-11(15)7-10(2)13(9)17-14(18)16-8-12-4-3-5-19-12/h6-7,12H,3-5,8H2,1-2H3,(H2,16,17,18). The number of anilines is 1. The number of rotatable bonds is 3. The lowest BCUT2D eigenvalue weighted by Gasteiger charge is -2.15. The van der Waals surface area contributed by atoms with Crippen molar-refractivity contribution in [2.45, 2.75) is 32.8 Å². The molecule has 19 heavy (non-hydrogen) atoms. The lowest BCUT2D eigenvalue weighted by molar-refractivity contribution is 0.112. The number of ether oxygens (including phenoxy) is 1. The Hall–Kier alpha value is -1.07. The molecule has 1 saturated heterocycles. The highest BCUT2D eigenvalue weighted by Crippen LogP contribution is 2.24. The molecule has 0 saturated carbocycles. The third-order valence-electron chi connectivity index (χ3n) is 3.25. The summed E-state index contributed by atoms with van der Waals surface area (Å²) in [6.45, 7) is 5.33. The number of carbonyl (C=O) groups excluding carboxylic acids is 1. The largest absolute Gasteiger partial charge is 0.376 e. The predicted molar refractivity (Wildman–Crippen MR) is 79.6 cm³/mol. The smallest absolute Gasteiger partial charge is 0.319 e. The van der Waals surface area contributed by atoms with Crippen LogP contribution in [0.25, 0.3) is 0 Å². The minimum absolute atomic E-state index is 0.165. The Morgan fingerprint density at radius 1 is 1.42 bits per heavy atom. The van der Waals surface area contributed by atoms with E-state index in [1.165, 1.54) is 0 Å². The Morgan fingerprint density at radius 2 is 2.11 bits per heavy atom. The van der Waals surface area contributed by atoms with Gasteiger partial charge in [-0.3, -0.25) is 0 Å². The van der Waals surface area contributed by atoms with Crippen molar-refractivity contribution in [2.24, 2.45) is 0 Å². The Bertz CT molecular complexity index is 448. The van der Waals surface area contributed by atoms with Crippen LogP contribution in [0, 0.1) is 13.8 Å². The van der Waals surface area contributed by atoms with E-state index in [2.05, 4.69) is 26.6 Å². The first kappa shape index (κ1) is 14.3. The molecule has 2 rings (SSSR count). The van der Waals surface area contributed by atoms with E-state index in [-0.39, 0.29) is 12.1 Å². The van der Waals surface area contributed by atoms with E-state index in [4.69, 9.17) is 4.74 Å². The van der Waals surface area contributed by atoms with Crippen LogP contribution in [-0.4, -0.2) is 25.3 Å². The Morgan fingerprint density at radius 3 is 2.68 bits per heavy atom. The Balaban J connectivity index is 1.91. The van der Waals surface area contributed by atoms with Crippen LogP contribution in [0.3, 0.4) is 0 Å². The first-order valence-electron chi connectivity index (χ1n) is 6.49. The predicted octanol–water partition coefficient (Wildman–Crippen LogP) is 3.37. The van der Waals surface area contributed by atoms with Gasteiger partial charge in [-0.2, -0.15) is 0 Å². The average molecular weight is 327 g/mol. The molecule has 0 bridgehead atoms. The molecule has 0 spiro atoms.